The summed E-state index contributed by atoms with van der Waals surface area (Å²) in [5.74, 6) is 0.296. The maximum Gasteiger partial charge on any atom is 0.267 e. The Morgan fingerprint density at radius 2 is 1.87 bits per heavy atom. The van der Waals surface area contributed by atoms with Gasteiger partial charge in [-0.1, -0.05) is 39.8 Å². The number of pyridine rings is 1. The van der Waals surface area contributed by atoms with Crippen molar-refractivity contribution in [2.75, 3.05) is 5.32 Å². The zero-order valence-electron chi connectivity index (χ0n) is 16.9. The number of anilines is 1. The summed E-state index contributed by atoms with van der Waals surface area (Å²) in [6.45, 7) is 3.72. The van der Waals surface area contributed by atoms with Crippen molar-refractivity contribution in [3.63, 3.8) is 0 Å². The molecule has 1 unspecified atom stereocenters. The first-order chi connectivity index (χ1) is 14.9. The van der Waals surface area contributed by atoms with Gasteiger partial charge >= 0.3 is 0 Å². The van der Waals surface area contributed by atoms with E-state index in [2.05, 4.69) is 31.2 Å². The molecule has 0 spiro atoms. The fourth-order valence-corrected chi connectivity index (χ4v) is 4.20. The molecule has 6 nitrogen and oxygen atoms in total. The number of hydrogen-bond acceptors (Lipinski definition) is 5. The third-order valence-corrected chi connectivity index (χ3v) is 6.22. The summed E-state index contributed by atoms with van der Waals surface area (Å²) >= 11 is 4.60. The van der Waals surface area contributed by atoms with Crippen LogP contribution in [0.15, 0.2) is 81.3 Å². The lowest BCUT2D eigenvalue weighted by Gasteiger charge is -2.16. The molecule has 0 bridgehead atoms. The number of rotatable bonds is 5. The Morgan fingerprint density at radius 3 is 2.61 bits per heavy atom. The van der Waals surface area contributed by atoms with Crippen LogP contribution >= 0.6 is 27.7 Å². The second kappa shape index (κ2) is 9.03. The van der Waals surface area contributed by atoms with E-state index in [9.17, 15) is 9.59 Å². The van der Waals surface area contributed by atoms with Crippen LogP contribution in [-0.4, -0.2) is 25.7 Å². The maximum absolute atomic E-state index is 13.3. The lowest BCUT2D eigenvalue weighted by atomic mass is 10.2. The number of aryl methyl sites for hydroxylation is 1. The second-order valence-corrected chi connectivity index (χ2v) is 9.22. The number of para-hydroxylation sites is 1. The Labute approximate surface area is 191 Å². The summed E-state index contributed by atoms with van der Waals surface area (Å²) in [7, 11) is 0. The molecule has 4 aromatic rings. The number of thioether (sulfide) groups is 1. The number of carbonyl (C=O) groups excluding carboxylic acids is 1. The molecule has 0 saturated heterocycles. The minimum atomic E-state index is -0.493. The average molecular weight is 495 g/mol. The summed E-state index contributed by atoms with van der Waals surface area (Å²) in [6, 6.07) is 18.2. The van der Waals surface area contributed by atoms with E-state index in [0.29, 0.717) is 27.6 Å². The summed E-state index contributed by atoms with van der Waals surface area (Å²) in [5.41, 5.74) is 2.04. The van der Waals surface area contributed by atoms with Gasteiger partial charge in [0.05, 0.1) is 16.2 Å². The van der Waals surface area contributed by atoms with Gasteiger partial charge in [0.2, 0.25) is 5.91 Å². The van der Waals surface area contributed by atoms with E-state index in [0.717, 1.165) is 10.0 Å². The minimum absolute atomic E-state index is 0.182. The van der Waals surface area contributed by atoms with Crippen molar-refractivity contribution < 1.29 is 4.79 Å². The first-order valence-corrected chi connectivity index (χ1v) is 11.3. The zero-order valence-corrected chi connectivity index (χ0v) is 19.3. The average Bonchev–Trinajstić information content (AvgIpc) is 2.75. The fourth-order valence-electron chi connectivity index (χ4n) is 3.02. The Morgan fingerprint density at radius 1 is 1.13 bits per heavy atom. The van der Waals surface area contributed by atoms with Gasteiger partial charge in [0.1, 0.15) is 5.82 Å². The highest BCUT2D eigenvalue weighted by Gasteiger charge is 2.21. The summed E-state index contributed by atoms with van der Waals surface area (Å²) in [6.07, 6.45) is 1.66. The molecule has 0 aliphatic heterocycles. The molecule has 8 heteroatoms. The van der Waals surface area contributed by atoms with Gasteiger partial charge in [-0.05, 0) is 67.9 Å². The number of halogens is 1. The van der Waals surface area contributed by atoms with Crippen molar-refractivity contribution in [2.24, 2.45) is 0 Å². The Kier molecular flexibility index (Phi) is 6.20. The summed E-state index contributed by atoms with van der Waals surface area (Å²) in [5, 5.41) is 3.32. The smallest absolute Gasteiger partial charge is 0.267 e. The number of carbonyl (C=O) groups is 1. The van der Waals surface area contributed by atoms with E-state index in [1.807, 2.05) is 49.4 Å². The SMILES string of the molecule is Cc1ccnc(-n2c(SC(C)C(=O)Nc3ccc(Br)cc3)nc3ccccc3c2=O)c1. The van der Waals surface area contributed by atoms with Crippen LogP contribution in [0.2, 0.25) is 0 Å². The quantitative estimate of drug-likeness (QED) is 0.313. The third kappa shape index (κ3) is 4.70. The fraction of sp³-hybridized carbons (Fsp3) is 0.130. The molecule has 2 aromatic carbocycles. The lowest BCUT2D eigenvalue weighted by Crippen LogP contribution is -2.26. The van der Waals surface area contributed by atoms with Gasteiger partial charge in [-0.3, -0.25) is 9.59 Å². The maximum atomic E-state index is 13.3. The van der Waals surface area contributed by atoms with E-state index in [1.165, 1.54) is 16.3 Å². The number of benzene rings is 2. The highest BCUT2D eigenvalue weighted by atomic mass is 79.9. The van der Waals surface area contributed by atoms with Crippen LogP contribution in [-0.2, 0) is 4.79 Å². The molecule has 156 valence electrons. The minimum Gasteiger partial charge on any atom is -0.325 e. The number of amides is 1. The van der Waals surface area contributed by atoms with Gasteiger partial charge in [-0.25, -0.2) is 14.5 Å². The summed E-state index contributed by atoms with van der Waals surface area (Å²) < 4.78 is 2.41. The molecule has 0 radical (unpaired) electrons. The standard InChI is InChI=1S/C23H19BrN4O2S/c1-14-11-12-25-20(13-14)28-22(30)18-5-3-4-6-19(18)27-23(28)31-15(2)21(29)26-17-9-7-16(24)8-10-17/h3-13,15H,1-2H3,(H,26,29). The van der Waals surface area contributed by atoms with Gasteiger partial charge in [0.15, 0.2) is 5.16 Å². The molecule has 31 heavy (non-hydrogen) atoms. The zero-order chi connectivity index (χ0) is 22.0. The molecular weight excluding hydrogens is 476 g/mol. The summed E-state index contributed by atoms with van der Waals surface area (Å²) in [4.78, 5) is 35.1. The normalized spacial score (nSPS) is 12.0. The van der Waals surface area contributed by atoms with Gasteiger partial charge in [-0.15, -0.1) is 0 Å². The predicted molar refractivity (Wildman–Crippen MR) is 128 cm³/mol. The van der Waals surface area contributed by atoms with E-state index in [-0.39, 0.29) is 11.5 Å². The Balaban J connectivity index is 1.72. The van der Waals surface area contributed by atoms with Crippen molar-refractivity contribution in [2.45, 2.75) is 24.3 Å². The molecule has 1 N–H and O–H groups in total. The van der Waals surface area contributed by atoms with E-state index in [1.54, 1.807) is 31.3 Å². The van der Waals surface area contributed by atoms with Crippen molar-refractivity contribution >= 4 is 50.2 Å². The molecule has 0 fully saturated rings. The number of nitrogens with zero attached hydrogens (tertiary/aromatic N) is 3. The van der Waals surface area contributed by atoms with Crippen LogP contribution in [0.25, 0.3) is 16.7 Å². The second-order valence-electron chi connectivity index (χ2n) is 7.00. The van der Waals surface area contributed by atoms with Gasteiger partial charge < -0.3 is 5.32 Å². The molecular formula is C23H19BrN4O2S. The molecule has 0 saturated carbocycles. The highest BCUT2D eigenvalue weighted by Crippen LogP contribution is 2.26. The van der Waals surface area contributed by atoms with Crippen molar-refractivity contribution in [1.82, 2.24) is 14.5 Å². The molecule has 2 aromatic heterocycles. The lowest BCUT2D eigenvalue weighted by molar-refractivity contribution is -0.115. The van der Waals surface area contributed by atoms with Crippen molar-refractivity contribution in [1.29, 1.82) is 0 Å². The van der Waals surface area contributed by atoms with Crippen molar-refractivity contribution in [3.05, 3.63) is 87.3 Å². The topological polar surface area (TPSA) is 76.9 Å². The first kappa shape index (κ1) is 21.3. The van der Waals surface area contributed by atoms with Crippen LogP contribution in [0.3, 0.4) is 0 Å². The van der Waals surface area contributed by atoms with E-state index >= 15 is 0 Å². The Bertz CT molecular complexity index is 1320. The molecule has 1 atom stereocenters. The van der Waals surface area contributed by atoms with E-state index < -0.39 is 5.25 Å². The van der Waals surface area contributed by atoms with Crippen LogP contribution in [0.4, 0.5) is 5.69 Å². The van der Waals surface area contributed by atoms with Crippen molar-refractivity contribution in [3.8, 4) is 5.82 Å². The molecule has 0 aliphatic carbocycles. The first-order valence-electron chi connectivity index (χ1n) is 9.60. The van der Waals surface area contributed by atoms with Gasteiger partial charge in [0.25, 0.3) is 5.56 Å². The Hall–Kier alpha value is -2.97. The number of fused-ring (bicyclic) bond motifs is 1. The largest absolute Gasteiger partial charge is 0.325 e. The van der Waals surface area contributed by atoms with Gasteiger partial charge in [0, 0.05) is 16.4 Å². The van der Waals surface area contributed by atoms with Crippen LogP contribution in [0.1, 0.15) is 12.5 Å². The highest BCUT2D eigenvalue weighted by molar-refractivity contribution is 9.10. The monoisotopic (exact) mass is 494 g/mol. The van der Waals surface area contributed by atoms with Crippen LogP contribution in [0, 0.1) is 6.92 Å². The number of aromatic nitrogens is 3. The number of nitrogens with one attached hydrogen (secondary N) is 1. The van der Waals surface area contributed by atoms with Crippen LogP contribution in [0.5, 0.6) is 0 Å². The van der Waals surface area contributed by atoms with Crippen LogP contribution < -0.4 is 10.9 Å². The molecule has 2 heterocycles. The molecule has 0 aliphatic rings. The predicted octanol–water partition coefficient (Wildman–Crippen LogP) is 4.97. The van der Waals surface area contributed by atoms with E-state index in [4.69, 9.17) is 0 Å². The number of hydrogen-bond donors (Lipinski definition) is 1. The third-order valence-electron chi connectivity index (χ3n) is 4.64. The molecule has 1 amide bonds. The molecule has 4 rings (SSSR count). The van der Waals surface area contributed by atoms with Gasteiger partial charge in [-0.2, -0.15) is 0 Å².